The summed E-state index contributed by atoms with van der Waals surface area (Å²) < 4.78 is 5.10. The molecule has 0 radical (unpaired) electrons. The minimum absolute atomic E-state index is 0.0846. The van der Waals surface area contributed by atoms with Crippen LogP contribution in [0.1, 0.15) is 12.8 Å². The van der Waals surface area contributed by atoms with Crippen molar-refractivity contribution >= 4 is 11.4 Å². The summed E-state index contributed by atoms with van der Waals surface area (Å²) in [4.78, 5) is 10.6. The zero-order valence-corrected chi connectivity index (χ0v) is 10.3. The average molecular weight is 251 g/mol. The molecule has 1 heterocycles. The van der Waals surface area contributed by atoms with E-state index < -0.39 is 0 Å². The Morgan fingerprint density at radius 1 is 1.56 bits per heavy atom. The second kappa shape index (κ2) is 5.68. The van der Waals surface area contributed by atoms with Crippen LogP contribution in [0.3, 0.4) is 0 Å². The minimum atomic E-state index is -0.377. The van der Waals surface area contributed by atoms with Gasteiger partial charge in [-0.3, -0.25) is 10.1 Å². The Bertz CT molecular complexity index is 431. The summed E-state index contributed by atoms with van der Waals surface area (Å²) in [6.45, 7) is 1.84. The Morgan fingerprint density at radius 2 is 2.39 bits per heavy atom. The fourth-order valence-corrected chi connectivity index (χ4v) is 2.11. The van der Waals surface area contributed by atoms with E-state index in [1.165, 1.54) is 6.07 Å². The van der Waals surface area contributed by atoms with Crippen molar-refractivity contribution in [2.24, 2.45) is 0 Å². The van der Waals surface area contributed by atoms with E-state index in [0.29, 0.717) is 11.4 Å². The molecule has 1 fully saturated rings. The molecule has 0 spiro atoms. The highest BCUT2D eigenvalue weighted by Gasteiger charge is 2.19. The second-order valence-corrected chi connectivity index (χ2v) is 4.33. The summed E-state index contributed by atoms with van der Waals surface area (Å²) in [7, 11) is 1.55. The number of ether oxygens (including phenoxy) is 1. The fraction of sp³-hybridized carbons (Fsp3) is 0.500. The van der Waals surface area contributed by atoms with E-state index in [1.807, 2.05) is 0 Å². The van der Waals surface area contributed by atoms with Crippen molar-refractivity contribution in [2.45, 2.75) is 18.9 Å². The molecule has 1 unspecified atom stereocenters. The molecule has 6 heteroatoms. The van der Waals surface area contributed by atoms with Gasteiger partial charge in [0.05, 0.1) is 12.0 Å². The zero-order valence-electron chi connectivity index (χ0n) is 10.3. The molecule has 1 aromatic carbocycles. The Hall–Kier alpha value is -1.82. The van der Waals surface area contributed by atoms with Crippen LogP contribution in [0.5, 0.6) is 5.75 Å². The number of nitro groups is 1. The van der Waals surface area contributed by atoms with Crippen molar-refractivity contribution in [2.75, 3.05) is 25.5 Å². The zero-order chi connectivity index (χ0) is 13.0. The van der Waals surface area contributed by atoms with Crippen LogP contribution in [0, 0.1) is 10.1 Å². The lowest BCUT2D eigenvalue weighted by Crippen LogP contribution is -2.38. The van der Waals surface area contributed by atoms with E-state index in [9.17, 15) is 10.1 Å². The van der Waals surface area contributed by atoms with Crippen molar-refractivity contribution in [1.29, 1.82) is 0 Å². The molecule has 1 aliphatic rings. The van der Waals surface area contributed by atoms with E-state index in [1.54, 1.807) is 19.2 Å². The first kappa shape index (κ1) is 12.6. The maximum Gasteiger partial charge on any atom is 0.292 e. The van der Waals surface area contributed by atoms with Crippen LogP contribution in [0.15, 0.2) is 18.2 Å². The first-order valence-electron chi connectivity index (χ1n) is 6.00. The summed E-state index contributed by atoms with van der Waals surface area (Å²) in [5, 5.41) is 17.5. The highest BCUT2D eigenvalue weighted by Crippen LogP contribution is 2.29. The standard InChI is InChI=1S/C12H17N3O3/c1-18-10-4-5-12(15(16)17)11(7-10)14-9-3-2-6-13-8-9/h4-5,7,9,13-14H,2-3,6,8H2,1H3. The van der Waals surface area contributed by atoms with Crippen molar-refractivity contribution in [1.82, 2.24) is 5.32 Å². The number of benzene rings is 1. The molecule has 1 aromatic rings. The lowest BCUT2D eigenvalue weighted by molar-refractivity contribution is -0.384. The summed E-state index contributed by atoms with van der Waals surface area (Å²) in [5.74, 6) is 0.617. The fourth-order valence-electron chi connectivity index (χ4n) is 2.11. The Kier molecular flexibility index (Phi) is 3.99. The molecule has 18 heavy (non-hydrogen) atoms. The number of methoxy groups -OCH3 is 1. The van der Waals surface area contributed by atoms with Crippen LogP contribution in [0.4, 0.5) is 11.4 Å². The topological polar surface area (TPSA) is 76.4 Å². The largest absolute Gasteiger partial charge is 0.497 e. The minimum Gasteiger partial charge on any atom is -0.497 e. The predicted molar refractivity (Wildman–Crippen MR) is 69.2 cm³/mol. The lowest BCUT2D eigenvalue weighted by atomic mass is 10.1. The molecular formula is C12H17N3O3. The number of nitrogens with zero attached hydrogens (tertiary/aromatic N) is 1. The van der Waals surface area contributed by atoms with Gasteiger partial charge in [-0.2, -0.15) is 0 Å². The van der Waals surface area contributed by atoms with E-state index >= 15 is 0 Å². The van der Waals surface area contributed by atoms with Gasteiger partial charge < -0.3 is 15.4 Å². The van der Waals surface area contributed by atoms with Crippen molar-refractivity contribution in [3.63, 3.8) is 0 Å². The molecule has 0 amide bonds. The number of nitrogens with one attached hydrogen (secondary N) is 2. The Morgan fingerprint density at radius 3 is 3.00 bits per heavy atom. The van der Waals surface area contributed by atoms with Crippen LogP contribution >= 0.6 is 0 Å². The van der Waals surface area contributed by atoms with Gasteiger partial charge >= 0.3 is 0 Å². The normalized spacial score (nSPS) is 19.3. The van der Waals surface area contributed by atoms with Gasteiger partial charge in [-0.25, -0.2) is 0 Å². The predicted octanol–water partition coefficient (Wildman–Crippen LogP) is 1.77. The maximum atomic E-state index is 11.0. The van der Waals surface area contributed by atoms with Gasteiger partial charge in [0.1, 0.15) is 11.4 Å². The molecule has 1 aliphatic heterocycles. The molecule has 98 valence electrons. The molecule has 0 saturated carbocycles. The van der Waals surface area contributed by atoms with E-state index in [0.717, 1.165) is 25.9 Å². The van der Waals surface area contributed by atoms with Crippen LogP contribution in [-0.4, -0.2) is 31.2 Å². The Labute approximate surface area is 105 Å². The molecule has 1 atom stereocenters. The van der Waals surface area contributed by atoms with Gasteiger partial charge in [-0.1, -0.05) is 0 Å². The molecule has 0 aliphatic carbocycles. The average Bonchev–Trinajstić information content (AvgIpc) is 2.39. The summed E-state index contributed by atoms with van der Waals surface area (Å²) in [6.07, 6.45) is 2.09. The van der Waals surface area contributed by atoms with Gasteiger partial charge in [-0.15, -0.1) is 0 Å². The maximum absolute atomic E-state index is 11.0. The van der Waals surface area contributed by atoms with E-state index in [-0.39, 0.29) is 16.7 Å². The number of anilines is 1. The number of hydrogen-bond acceptors (Lipinski definition) is 5. The molecule has 6 nitrogen and oxygen atoms in total. The third kappa shape index (κ3) is 2.89. The molecule has 2 N–H and O–H groups in total. The molecule has 1 saturated heterocycles. The van der Waals surface area contributed by atoms with Crippen molar-refractivity contribution in [3.8, 4) is 5.75 Å². The molecular weight excluding hydrogens is 234 g/mol. The highest BCUT2D eigenvalue weighted by molar-refractivity contribution is 5.64. The lowest BCUT2D eigenvalue weighted by Gasteiger charge is -2.24. The second-order valence-electron chi connectivity index (χ2n) is 4.33. The van der Waals surface area contributed by atoms with Gasteiger partial charge in [0, 0.05) is 24.7 Å². The van der Waals surface area contributed by atoms with Crippen LogP contribution in [0.2, 0.25) is 0 Å². The van der Waals surface area contributed by atoms with Gasteiger partial charge in [0.15, 0.2) is 0 Å². The summed E-state index contributed by atoms with van der Waals surface area (Å²) in [6, 6.07) is 4.97. The molecule has 2 rings (SSSR count). The SMILES string of the molecule is COc1ccc([N+](=O)[O-])c(NC2CCCNC2)c1. The molecule has 0 bridgehead atoms. The van der Waals surface area contributed by atoms with Crippen LogP contribution in [-0.2, 0) is 0 Å². The van der Waals surface area contributed by atoms with Crippen molar-refractivity contribution < 1.29 is 9.66 Å². The quantitative estimate of drug-likeness (QED) is 0.630. The highest BCUT2D eigenvalue weighted by atomic mass is 16.6. The van der Waals surface area contributed by atoms with Crippen molar-refractivity contribution in [3.05, 3.63) is 28.3 Å². The van der Waals surface area contributed by atoms with Gasteiger partial charge in [-0.05, 0) is 25.5 Å². The van der Waals surface area contributed by atoms with E-state index in [4.69, 9.17) is 4.74 Å². The smallest absolute Gasteiger partial charge is 0.292 e. The van der Waals surface area contributed by atoms with Crippen LogP contribution < -0.4 is 15.4 Å². The van der Waals surface area contributed by atoms with Gasteiger partial charge in [0.2, 0.25) is 0 Å². The third-order valence-electron chi connectivity index (χ3n) is 3.06. The molecule has 0 aromatic heterocycles. The van der Waals surface area contributed by atoms with E-state index in [2.05, 4.69) is 10.6 Å². The summed E-state index contributed by atoms with van der Waals surface area (Å²) in [5.41, 5.74) is 0.606. The number of piperidine rings is 1. The summed E-state index contributed by atoms with van der Waals surface area (Å²) >= 11 is 0. The number of rotatable bonds is 4. The monoisotopic (exact) mass is 251 g/mol. The third-order valence-corrected chi connectivity index (χ3v) is 3.06. The van der Waals surface area contributed by atoms with Gasteiger partial charge in [0.25, 0.3) is 5.69 Å². The number of nitro benzene ring substituents is 1. The number of hydrogen-bond donors (Lipinski definition) is 2. The Balaban J connectivity index is 2.19. The van der Waals surface area contributed by atoms with Crippen LogP contribution in [0.25, 0.3) is 0 Å². The first-order chi connectivity index (χ1) is 8.70. The first-order valence-corrected chi connectivity index (χ1v) is 6.00.